The van der Waals surface area contributed by atoms with Crippen LogP contribution in [0.5, 0.6) is 17.2 Å². The summed E-state index contributed by atoms with van der Waals surface area (Å²) in [6.45, 7) is 0. The Bertz CT molecular complexity index is 1780. The molecule has 5 aromatic rings. The van der Waals surface area contributed by atoms with Crippen LogP contribution in [0.15, 0.2) is 85.5 Å². The topological polar surface area (TPSA) is 127 Å². The van der Waals surface area contributed by atoms with Crippen LogP contribution in [-0.4, -0.2) is 16.2 Å². The molecule has 2 aromatic heterocycles. The van der Waals surface area contributed by atoms with Crippen molar-refractivity contribution < 1.29 is 28.6 Å². The molecule has 8 heteroatoms. The normalized spacial score (nSPS) is 15.2. The zero-order chi connectivity index (χ0) is 24.3. The second kappa shape index (κ2) is 7.59. The molecule has 0 fully saturated rings. The van der Waals surface area contributed by atoms with Gasteiger partial charge in [-0.2, -0.15) is 0 Å². The first kappa shape index (κ1) is 20.7. The monoisotopic (exact) mass is 468 g/mol. The Hall–Kier alpha value is -4.85. The molecule has 172 valence electrons. The van der Waals surface area contributed by atoms with Gasteiger partial charge in [0.15, 0.2) is 5.43 Å². The first-order chi connectivity index (χ1) is 16.9. The van der Waals surface area contributed by atoms with Crippen molar-refractivity contribution in [3.05, 3.63) is 98.7 Å². The molecule has 0 bridgehead atoms. The van der Waals surface area contributed by atoms with E-state index in [1.807, 2.05) is 0 Å². The van der Waals surface area contributed by atoms with Crippen molar-refractivity contribution in [2.75, 3.05) is 0 Å². The number of benzene rings is 3. The van der Waals surface area contributed by atoms with Gasteiger partial charge in [0.25, 0.3) is 0 Å². The van der Waals surface area contributed by atoms with E-state index in [9.17, 15) is 24.6 Å². The lowest BCUT2D eigenvalue weighted by Gasteiger charge is -2.25. The van der Waals surface area contributed by atoms with Gasteiger partial charge >= 0.3 is 5.97 Å². The summed E-state index contributed by atoms with van der Waals surface area (Å²) in [5.41, 5.74) is 0.738. The maximum absolute atomic E-state index is 13.4. The van der Waals surface area contributed by atoms with Crippen LogP contribution in [0.3, 0.4) is 0 Å². The molecule has 0 unspecified atom stereocenters. The number of hydrogen-bond acceptors (Lipinski definition) is 8. The van der Waals surface area contributed by atoms with E-state index < -0.39 is 23.1 Å². The number of hydrogen-bond donors (Lipinski definition) is 2. The van der Waals surface area contributed by atoms with Gasteiger partial charge in [-0.05, 0) is 29.8 Å². The zero-order valence-corrected chi connectivity index (χ0v) is 18.0. The van der Waals surface area contributed by atoms with E-state index in [-0.39, 0.29) is 45.4 Å². The minimum Gasteiger partial charge on any atom is -0.508 e. The lowest BCUT2D eigenvalue weighted by molar-refractivity contribution is -0.135. The predicted molar refractivity (Wildman–Crippen MR) is 126 cm³/mol. The third kappa shape index (κ3) is 3.18. The maximum Gasteiger partial charge on any atom is 0.312 e. The third-order valence-electron chi connectivity index (χ3n) is 6.23. The van der Waals surface area contributed by atoms with Crippen LogP contribution >= 0.6 is 0 Å². The fraction of sp³-hybridized carbons (Fsp3) is 0.0741. The number of phenols is 2. The zero-order valence-electron chi connectivity index (χ0n) is 18.0. The van der Waals surface area contributed by atoms with E-state index in [4.69, 9.17) is 13.6 Å². The summed E-state index contributed by atoms with van der Waals surface area (Å²) in [5, 5.41) is 20.5. The SMILES string of the molecule is O=C1C[C@H](c2coc3ccccc3c2=O)c2c(cc(O)c3c(=O)c(-c4ccc(O)cc4)coc23)O1. The Morgan fingerprint density at radius 3 is 2.43 bits per heavy atom. The molecular formula is C27H16O8. The second-order valence-electron chi connectivity index (χ2n) is 8.28. The molecule has 1 aliphatic heterocycles. The molecule has 35 heavy (non-hydrogen) atoms. The molecule has 8 nitrogen and oxygen atoms in total. The lowest BCUT2D eigenvalue weighted by atomic mass is 9.85. The number of aromatic hydroxyl groups is 2. The molecule has 0 aliphatic carbocycles. The molecular weight excluding hydrogens is 452 g/mol. The number of ether oxygens (including phenoxy) is 1. The van der Waals surface area contributed by atoms with E-state index in [1.165, 1.54) is 30.7 Å². The highest BCUT2D eigenvalue weighted by Gasteiger charge is 2.35. The van der Waals surface area contributed by atoms with Crippen molar-refractivity contribution in [3.8, 4) is 28.4 Å². The fourth-order valence-corrected chi connectivity index (χ4v) is 4.57. The van der Waals surface area contributed by atoms with Gasteiger partial charge in [0.2, 0.25) is 5.43 Å². The summed E-state index contributed by atoms with van der Waals surface area (Å²) < 4.78 is 16.9. The van der Waals surface area contributed by atoms with E-state index in [0.29, 0.717) is 22.1 Å². The van der Waals surface area contributed by atoms with Gasteiger partial charge in [0.1, 0.15) is 40.1 Å². The predicted octanol–water partition coefficient (Wildman–Crippen LogP) is 4.42. The molecule has 0 spiro atoms. The summed E-state index contributed by atoms with van der Waals surface area (Å²) in [5.74, 6) is -1.80. The Kier molecular flexibility index (Phi) is 4.50. The number of para-hydroxylation sites is 1. The minimum atomic E-state index is -0.821. The highest BCUT2D eigenvalue weighted by molar-refractivity contribution is 5.94. The van der Waals surface area contributed by atoms with Gasteiger partial charge in [-0.1, -0.05) is 24.3 Å². The van der Waals surface area contributed by atoms with Crippen LogP contribution in [0.2, 0.25) is 0 Å². The summed E-state index contributed by atoms with van der Waals surface area (Å²) in [7, 11) is 0. The highest BCUT2D eigenvalue weighted by atomic mass is 16.5. The molecule has 3 heterocycles. The lowest BCUT2D eigenvalue weighted by Crippen LogP contribution is -2.25. The number of carbonyl (C=O) groups is 1. The molecule has 3 aromatic carbocycles. The molecule has 0 radical (unpaired) electrons. The van der Waals surface area contributed by atoms with E-state index in [1.54, 1.807) is 36.4 Å². The average molecular weight is 468 g/mol. The molecule has 1 atom stereocenters. The highest BCUT2D eigenvalue weighted by Crippen LogP contribution is 2.45. The largest absolute Gasteiger partial charge is 0.508 e. The van der Waals surface area contributed by atoms with Crippen LogP contribution < -0.4 is 15.6 Å². The van der Waals surface area contributed by atoms with Crippen molar-refractivity contribution in [3.63, 3.8) is 0 Å². The van der Waals surface area contributed by atoms with Crippen molar-refractivity contribution in [2.45, 2.75) is 12.3 Å². The van der Waals surface area contributed by atoms with E-state index in [2.05, 4.69) is 0 Å². The number of rotatable bonds is 2. The second-order valence-corrected chi connectivity index (χ2v) is 8.28. The van der Waals surface area contributed by atoms with E-state index >= 15 is 0 Å². The molecule has 0 saturated carbocycles. The van der Waals surface area contributed by atoms with Crippen molar-refractivity contribution in [1.82, 2.24) is 0 Å². The first-order valence-corrected chi connectivity index (χ1v) is 10.7. The third-order valence-corrected chi connectivity index (χ3v) is 6.23. The van der Waals surface area contributed by atoms with Crippen molar-refractivity contribution in [2.24, 2.45) is 0 Å². The number of esters is 1. The van der Waals surface area contributed by atoms with Gasteiger partial charge in [0, 0.05) is 23.1 Å². The first-order valence-electron chi connectivity index (χ1n) is 10.7. The number of phenolic OH excluding ortho intramolecular Hbond substituents is 2. The van der Waals surface area contributed by atoms with Crippen LogP contribution in [0.1, 0.15) is 23.5 Å². The Labute approximate surface area is 196 Å². The quantitative estimate of drug-likeness (QED) is 0.288. The van der Waals surface area contributed by atoms with Crippen LogP contribution in [0, 0.1) is 0 Å². The van der Waals surface area contributed by atoms with Gasteiger partial charge in [-0.3, -0.25) is 14.4 Å². The van der Waals surface area contributed by atoms with E-state index in [0.717, 1.165) is 0 Å². The van der Waals surface area contributed by atoms with Crippen LogP contribution in [-0.2, 0) is 4.79 Å². The van der Waals surface area contributed by atoms with Gasteiger partial charge in [-0.15, -0.1) is 0 Å². The van der Waals surface area contributed by atoms with Gasteiger partial charge in [0.05, 0.1) is 23.6 Å². The summed E-state index contributed by atoms with van der Waals surface area (Å²) in [6.07, 6.45) is 2.37. The summed E-state index contributed by atoms with van der Waals surface area (Å²) in [4.78, 5) is 39.1. The Morgan fingerprint density at radius 1 is 0.857 bits per heavy atom. The molecule has 2 N–H and O–H groups in total. The van der Waals surface area contributed by atoms with Crippen LogP contribution in [0.25, 0.3) is 33.1 Å². The fourth-order valence-electron chi connectivity index (χ4n) is 4.57. The maximum atomic E-state index is 13.4. The Morgan fingerprint density at radius 2 is 1.63 bits per heavy atom. The molecule has 0 amide bonds. The number of fused-ring (bicyclic) bond motifs is 4. The van der Waals surface area contributed by atoms with Gasteiger partial charge in [-0.25, -0.2) is 0 Å². The van der Waals surface area contributed by atoms with Crippen molar-refractivity contribution in [1.29, 1.82) is 0 Å². The smallest absolute Gasteiger partial charge is 0.312 e. The molecule has 0 saturated heterocycles. The minimum absolute atomic E-state index is 0.00402. The standard InChI is InChI=1S/C27H16O8/c28-14-7-5-13(6-8-14)17-11-34-27-23-16(18-12-33-20-4-2-1-3-15(20)25(18)31)9-22(30)35-21(23)10-19(29)24(27)26(17)32/h1-8,10-12,16,28-29H,9H2/t16-/m1/s1. The number of carbonyl (C=O) groups excluding carboxylic acids is 1. The van der Waals surface area contributed by atoms with Crippen molar-refractivity contribution >= 4 is 27.9 Å². The summed E-state index contributed by atoms with van der Waals surface area (Å²) >= 11 is 0. The molecule has 6 rings (SSSR count). The summed E-state index contributed by atoms with van der Waals surface area (Å²) in [6, 6.07) is 13.9. The average Bonchev–Trinajstić information content (AvgIpc) is 2.84. The van der Waals surface area contributed by atoms with Crippen LogP contribution in [0.4, 0.5) is 0 Å². The Balaban J connectivity index is 1.63. The van der Waals surface area contributed by atoms with Gasteiger partial charge < -0.3 is 23.8 Å². The molecule has 1 aliphatic rings.